The van der Waals surface area contributed by atoms with Crippen molar-refractivity contribution in [3.05, 3.63) is 64.7 Å². The number of aromatic carboxylic acids is 1. The van der Waals surface area contributed by atoms with E-state index in [1.807, 2.05) is 37.3 Å². The third kappa shape index (κ3) is 3.01. The van der Waals surface area contributed by atoms with Crippen LogP contribution in [0.25, 0.3) is 0 Å². The van der Waals surface area contributed by atoms with Crippen LogP contribution in [0.4, 0.5) is 0 Å². The van der Waals surface area contributed by atoms with Crippen molar-refractivity contribution in [2.75, 3.05) is 0 Å². The Labute approximate surface area is 129 Å². The molecule has 1 atom stereocenters. The molecule has 0 saturated heterocycles. The SMILES string of the molecule is CC[C@H](C(=O)c1cc(C)c(O)c(C(=O)O)c1)c1ccccc1. The molecule has 2 N–H and O–H groups in total. The maximum Gasteiger partial charge on any atom is 0.339 e. The molecule has 0 fully saturated rings. The lowest BCUT2D eigenvalue weighted by molar-refractivity contribution is 0.0693. The summed E-state index contributed by atoms with van der Waals surface area (Å²) in [6.07, 6.45) is 0.616. The molecular formula is C18H18O4. The van der Waals surface area contributed by atoms with Crippen LogP contribution in [-0.4, -0.2) is 22.0 Å². The highest BCUT2D eigenvalue weighted by molar-refractivity contribution is 6.03. The van der Waals surface area contributed by atoms with Crippen LogP contribution in [-0.2, 0) is 0 Å². The molecule has 2 rings (SSSR count). The molecule has 4 nitrogen and oxygen atoms in total. The quantitative estimate of drug-likeness (QED) is 0.824. The molecule has 0 aromatic heterocycles. The standard InChI is InChI=1S/C18H18O4/c1-3-14(12-7-5-4-6-8-12)17(20)13-9-11(2)16(19)15(10-13)18(21)22/h4-10,14,19H,3H2,1-2H3,(H,21,22)/t14-/m0/s1. The van der Waals surface area contributed by atoms with E-state index in [9.17, 15) is 14.7 Å². The summed E-state index contributed by atoms with van der Waals surface area (Å²) in [5, 5.41) is 18.9. The summed E-state index contributed by atoms with van der Waals surface area (Å²) in [5.41, 5.74) is 1.35. The van der Waals surface area contributed by atoms with E-state index in [0.717, 1.165) is 5.56 Å². The molecule has 114 valence electrons. The van der Waals surface area contributed by atoms with E-state index in [4.69, 9.17) is 5.11 Å². The molecule has 0 heterocycles. The van der Waals surface area contributed by atoms with Crippen LogP contribution in [0.3, 0.4) is 0 Å². The number of carbonyl (C=O) groups is 2. The second-order valence-corrected chi connectivity index (χ2v) is 5.23. The fourth-order valence-corrected chi connectivity index (χ4v) is 2.54. The number of rotatable bonds is 5. The molecule has 0 bridgehead atoms. The minimum Gasteiger partial charge on any atom is -0.507 e. The molecule has 0 saturated carbocycles. The molecule has 2 aromatic rings. The van der Waals surface area contributed by atoms with Crippen LogP contribution in [0.2, 0.25) is 0 Å². The molecule has 4 heteroatoms. The summed E-state index contributed by atoms with van der Waals surface area (Å²) in [5.74, 6) is -2.01. The highest BCUT2D eigenvalue weighted by atomic mass is 16.4. The largest absolute Gasteiger partial charge is 0.507 e. The average molecular weight is 298 g/mol. The van der Waals surface area contributed by atoms with Crippen molar-refractivity contribution in [2.45, 2.75) is 26.2 Å². The van der Waals surface area contributed by atoms with Gasteiger partial charge in [0.05, 0.1) is 0 Å². The van der Waals surface area contributed by atoms with Gasteiger partial charge in [0.1, 0.15) is 11.3 Å². The molecule has 0 aliphatic rings. The number of benzene rings is 2. The maximum absolute atomic E-state index is 12.7. The van der Waals surface area contributed by atoms with E-state index in [0.29, 0.717) is 17.5 Å². The first kappa shape index (κ1) is 15.8. The number of hydrogen-bond donors (Lipinski definition) is 2. The number of carbonyl (C=O) groups excluding carboxylic acids is 1. The van der Waals surface area contributed by atoms with Crippen molar-refractivity contribution in [1.29, 1.82) is 0 Å². The molecule has 22 heavy (non-hydrogen) atoms. The zero-order valence-corrected chi connectivity index (χ0v) is 12.5. The Morgan fingerprint density at radius 2 is 1.77 bits per heavy atom. The third-order valence-electron chi connectivity index (χ3n) is 3.74. The molecule has 0 aliphatic heterocycles. The monoisotopic (exact) mass is 298 g/mol. The number of Topliss-reactive ketones (excluding diaryl/α,β-unsaturated/α-hetero) is 1. The topological polar surface area (TPSA) is 74.6 Å². The van der Waals surface area contributed by atoms with Crippen molar-refractivity contribution < 1.29 is 19.8 Å². The van der Waals surface area contributed by atoms with Gasteiger partial charge in [0.2, 0.25) is 0 Å². The third-order valence-corrected chi connectivity index (χ3v) is 3.74. The summed E-state index contributed by atoms with van der Waals surface area (Å²) in [6.45, 7) is 3.50. The summed E-state index contributed by atoms with van der Waals surface area (Å²) < 4.78 is 0. The van der Waals surface area contributed by atoms with E-state index in [-0.39, 0.29) is 23.0 Å². The fourth-order valence-electron chi connectivity index (χ4n) is 2.54. The van der Waals surface area contributed by atoms with Crippen molar-refractivity contribution in [2.24, 2.45) is 0 Å². The number of carboxylic acids is 1. The Balaban J connectivity index is 2.46. The first-order valence-corrected chi connectivity index (χ1v) is 7.11. The van der Waals surface area contributed by atoms with Gasteiger partial charge in [0.15, 0.2) is 5.78 Å². The van der Waals surface area contributed by atoms with Crippen LogP contribution in [0.5, 0.6) is 5.75 Å². The van der Waals surface area contributed by atoms with Gasteiger partial charge in [0, 0.05) is 11.5 Å². The first-order chi connectivity index (χ1) is 10.5. The number of ketones is 1. The normalized spacial score (nSPS) is 11.9. The minimum absolute atomic E-state index is 0.140. The highest BCUT2D eigenvalue weighted by Gasteiger charge is 2.23. The van der Waals surface area contributed by atoms with Crippen molar-refractivity contribution in [3.8, 4) is 5.75 Å². The summed E-state index contributed by atoms with van der Waals surface area (Å²) in [7, 11) is 0. The van der Waals surface area contributed by atoms with E-state index >= 15 is 0 Å². The second-order valence-electron chi connectivity index (χ2n) is 5.23. The zero-order chi connectivity index (χ0) is 16.3. The molecule has 0 amide bonds. The number of aryl methyl sites for hydroxylation is 1. The molecule has 0 spiro atoms. The van der Waals surface area contributed by atoms with Gasteiger partial charge in [-0.3, -0.25) is 4.79 Å². The van der Waals surface area contributed by atoms with E-state index in [1.165, 1.54) is 12.1 Å². The Hall–Kier alpha value is -2.62. The second kappa shape index (κ2) is 6.43. The summed E-state index contributed by atoms with van der Waals surface area (Å²) in [6, 6.07) is 12.2. The molecular weight excluding hydrogens is 280 g/mol. The van der Waals surface area contributed by atoms with Crippen molar-refractivity contribution >= 4 is 11.8 Å². The zero-order valence-electron chi connectivity index (χ0n) is 12.5. The van der Waals surface area contributed by atoms with Gasteiger partial charge in [-0.25, -0.2) is 4.79 Å². The predicted molar refractivity (Wildman–Crippen MR) is 83.6 cm³/mol. The molecule has 0 aliphatic carbocycles. The Bertz CT molecular complexity index is 705. The highest BCUT2D eigenvalue weighted by Crippen LogP contribution is 2.29. The maximum atomic E-state index is 12.7. The summed E-state index contributed by atoms with van der Waals surface area (Å²) >= 11 is 0. The smallest absolute Gasteiger partial charge is 0.339 e. The van der Waals surface area contributed by atoms with E-state index in [1.54, 1.807) is 6.92 Å². The number of carboxylic acid groups (broad SMARTS) is 1. The lowest BCUT2D eigenvalue weighted by atomic mass is 9.87. The van der Waals surface area contributed by atoms with Gasteiger partial charge < -0.3 is 10.2 Å². The Morgan fingerprint density at radius 1 is 1.14 bits per heavy atom. The summed E-state index contributed by atoms with van der Waals surface area (Å²) in [4.78, 5) is 23.9. The van der Waals surface area contributed by atoms with Gasteiger partial charge >= 0.3 is 5.97 Å². The predicted octanol–water partition coefficient (Wildman–Crippen LogP) is 3.78. The van der Waals surface area contributed by atoms with Crippen molar-refractivity contribution in [1.82, 2.24) is 0 Å². The van der Waals surface area contributed by atoms with Crippen molar-refractivity contribution in [3.63, 3.8) is 0 Å². The van der Waals surface area contributed by atoms with Crippen LogP contribution >= 0.6 is 0 Å². The van der Waals surface area contributed by atoms with Crippen LogP contribution in [0.15, 0.2) is 42.5 Å². The van der Waals surface area contributed by atoms with Crippen LogP contribution in [0.1, 0.15) is 51.1 Å². The van der Waals surface area contributed by atoms with E-state index < -0.39 is 5.97 Å². The van der Waals surface area contributed by atoms with Crippen LogP contribution in [0, 0.1) is 6.92 Å². The molecule has 0 unspecified atom stereocenters. The Morgan fingerprint density at radius 3 is 2.32 bits per heavy atom. The van der Waals surface area contributed by atoms with Gasteiger partial charge in [-0.1, -0.05) is 37.3 Å². The van der Waals surface area contributed by atoms with Crippen LogP contribution < -0.4 is 0 Å². The van der Waals surface area contributed by atoms with E-state index in [2.05, 4.69) is 0 Å². The molecule has 0 radical (unpaired) electrons. The number of hydrogen-bond acceptors (Lipinski definition) is 3. The Kier molecular flexibility index (Phi) is 4.61. The average Bonchev–Trinajstić information content (AvgIpc) is 2.51. The lowest BCUT2D eigenvalue weighted by Crippen LogP contribution is -2.13. The molecule has 2 aromatic carbocycles. The number of aromatic hydroxyl groups is 1. The lowest BCUT2D eigenvalue weighted by Gasteiger charge is -2.15. The van der Waals surface area contributed by atoms with Gasteiger partial charge in [-0.15, -0.1) is 0 Å². The van der Waals surface area contributed by atoms with Gasteiger partial charge in [-0.2, -0.15) is 0 Å². The van der Waals surface area contributed by atoms with Gasteiger partial charge in [-0.05, 0) is 36.6 Å². The minimum atomic E-state index is -1.25. The fraction of sp³-hybridized carbons (Fsp3) is 0.222. The first-order valence-electron chi connectivity index (χ1n) is 7.11. The van der Waals surface area contributed by atoms with Gasteiger partial charge in [0.25, 0.3) is 0 Å². The number of phenols is 1.